The monoisotopic (exact) mass is 433 g/mol. The molecule has 4 heterocycles. The van der Waals surface area contributed by atoms with Crippen LogP contribution in [0.3, 0.4) is 0 Å². The number of benzene rings is 1. The molecule has 6 nitrogen and oxygen atoms in total. The van der Waals surface area contributed by atoms with Gasteiger partial charge in [0.1, 0.15) is 23.4 Å². The summed E-state index contributed by atoms with van der Waals surface area (Å²) in [5.74, 6) is 7.08. The number of fused-ring (bicyclic) bond motifs is 3. The highest BCUT2D eigenvalue weighted by atomic mass is 32.1. The first-order valence-corrected chi connectivity index (χ1v) is 11.6. The van der Waals surface area contributed by atoms with E-state index in [1.54, 1.807) is 11.3 Å². The molecule has 1 saturated heterocycles. The van der Waals surface area contributed by atoms with E-state index >= 15 is 0 Å². The molecule has 158 valence electrons. The highest BCUT2D eigenvalue weighted by Gasteiger charge is 2.21. The number of aromatic nitrogens is 2. The molecule has 4 aromatic rings. The van der Waals surface area contributed by atoms with E-state index in [9.17, 15) is 0 Å². The van der Waals surface area contributed by atoms with Crippen molar-refractivity contribution in [3.8, 4) is 23.1 Å². The van der Waals surface area contributed by atoms with Crippen LogP contribution in [0.4, 0.5) is 5.69 Å². The maximum atomic E-state index is 6.26. The Hall–Kier alpha value is -2.79. The molecule has 1 aliphatic heterocycles. The number of aromatic amines is 1. The summed E-state index contributed by atoms with van der Waals surface area (Å²) in [5, 5.41) is 10.8. The average Bonchev–Trinajstić information content (AvgIpc) is 3.19. The summed E-state index contributed by atoms with van der Waals surface area (Å²) < 4.78 is 17.3. The number of hydrogen-bond acceptors (Lipinski definition) is 6. The van der Waals surface area contributed by atoms with E-state index < -0.39 is 0 Å². The summed E-state index contributed by atoms with van der Waals surface area (Å²) in [4.78, 5) is 3.34. The number of thiophene rings is 1. The molecule has 1 saturated carbocycles. The third kappa shape index (κ3) is 3.83. The Balaban J connectivity index is 1.25. The van der Waals surface area contributed by atoms with Crippen molar-refractivity contribution in [1.82, 2.24) is 10.2 Å². The number of H-pyrrole nitrogens is 1. The zero-order chi connectivity index (χ0) is 20.6. The predicted octanol–water partition coefficient (Wildman–Crippen LogP) is 4.65. The zero-order valence-corrected chi connectivity index (χ0v) is 18.0. The molecule has 0 atom stereocenters. The van der Waals surface area contributed by atoms with E-state index in [0.29, 0.717) is 6.61 Å². The van der Waals surface area contributed by atoms with Crippen LogP contribution in [0.15, 0.2) is 34.1 Å². The number of anilines is 1. The van der Waals surface area contributed by atoms with E-state index in [4.69, 9.17) is 13.9 Å². The van der Waals surface area contributed by atoms with Gasteiger partial charge in [0.15, 0.2) is 5.58 Å². The second-order valence-electron chi connectivity index (χ2n) is 8.12. The summed E-state index contributed by atoms with van der Waals surface area (Å²) in [6.07, 6.45) is 2.60. The van der Waals surface area contributed by atoms with Gasteiger partial charge in [0.2, 0.25) is 0 Å². The molecule has 31 heavy (non-hydrogen) atoms. The summed E-state index contributed by atoms with van der Waals surface area (Å²) in [5.41, 5.74) is 5.61. The third-order valence-electron chi connectivity index (χ3n) is 5.85. The zero-order valence-electron chi connectivity index (χ0n) is 17.1. The van der Waals surface area contributed by atoms with Gasteiger partial charge in [-0.2, -0.15) is 5.10 Å². The fraction of sp³-hybridized carbons (Fsp3) is 0.375. The van der Waals surface area contributed by atoms with Crippen molar-refractivity contribution >= 4 is 39.1 Å². The first kappa shape index (κ1) is 18.9. The molecule has 7 heteroatoms. The van der Waals surface area contributed by atoms with Gasteiger partial charge in [0.25, 0.3) is 0 Å². The van der Waals surface area contributed by atoms with Gasteiger partial charge in [-0.15, -0.1) is 11.3 Å². The Labute approximate surface area is 184 Å². The van der Waals surface area contributed by atoms with Gasteiger partial charge in [-0.3, -0.25) is 5.10 Å². The number of nitrogens with zero attached hydrogens (tertiary/aromatic N) is 2. The van der Waals surface area contributed by atoms with E-state index in [1.165, 1.54) is 18.5 Å². The maximum Gasteiger partial charge on any atom is 0.181 e. The molecular formula is C24H23N3O3S. The van der Waals surface area contributed by atoms with Crippen LogP contribution in [0.25, 0.3) is 33.3 Å². The molecule has 2 aliphatic rings. The predicted molar refractivity (Wildman–Crippen MR) is 123 cm³/mol. The van der Waals surface area contributed by atoms with Gasteiger partial charge in [-0.25, -0.2) is 0 Å². The summed E-state index contributed by atoms with van der Waals surface area (Å²) >= 11 is 1.62. The highest BCUT2D eigenvalue weighted by molar-refractivity contribution is 7.11. The van der Waals surface area contributed by atoms with Crippen molar-refractivity contribution in [2.45, 2.75) is 12.8 Å². The lowest BCUT2D eigenvalue weighted by Crippen LogP contribution is -2.36. The largest absolute Gasteiger partial charge is 0.452 e. The Morgan fingerprint density at radius 1 is 1.23 bits per heavy atom. The molecule has 2 fully saturated rings. The normalized spacial score (nSPS) is 16.7. The highest BCUT2D eigenvalue weighted by Crippen LogP contribution is 2.37. The number of hydrogen-bond donors (Lipinski definition) is 1. The number of morpholine rings is 1. The summed E-state index contributed by atoms with van der Waals surface area (Å²) in [6, 6.07) is 8.44. The fourth-order valence-corrected chi connectivity index (χ4v) is 4.71. The molecule has 0 bridgehead atoms. The van der Waals surface area contributed by atoms with Gasteiger partial charge in [-0.05, 0) is 37.0 Å². The molecule has 0 spiro atoms. The summed E-state index contributed by atoms with van der Waals surface area (Å²) in [6.45, 7) is 4.67. The molecule has 0 unspecified atom stereocenters. The van der Waals surface area contributed by atoms with E-state index in [2.05, 4.69) is 56.6 Å². The SMILES string of the molecule is C(#Cc1cc(-c2n[nH]c3c2oc2cc(N4CCOCC4)ccc23)cs1)COCC1CC1. The first-order chi connectivity index (χ1) is 15.3. The lowest BCUT2D eigenvalue weighted by atomic mass is 10.2. The Bertz CT molecular complexity index is 1280. The number of furan rings is 1. The lowest BCUT2D eigenvalue weighted by molar-refractivity contribution is 0.122. The topological polar surface area (TPSA) is 63.5 Å². The Kier molecular flexibility index (Phi) is 4.91. The van der Waals surface area contributed by atoms with Crippen molar-refractivity contribution in [1.29, 1.82) is 0 Å². The Morgan fingerprint density at radius 2 is 2.13 bits per heavy atom. The molecule has 3 aromatic heterocycles. The van der Waals surface area contributed by atoms with Crippen LogP contribution in [-0.2, 0) is 9.47 Å². The van der Waals surface area contributed by atoms with Crippen molar-refractivity contribution in [3.05, 3.63) is 34.5 Å². The van der Waals surface area contributed by atoms with Crippen LogP contribution in [-0.4, -0.2) is 49.7 Å². The van der Waals surface area contributed by atoms with Crippen molar-refractivity contribution in [3.63, 3.8) is 0 Å². The van der Waals surface area contributed by atoms with Gasteiger partial charge in [0, 0.05) is 41.2 Å². The van der Waals surface area contributed by atoms with Crippen LogP contribution in [0.5, 0.6) is 0 Å². The molecular weight excluding hydrogens is 410 g/mol. The molecule has 0 amide bonds. The van der Waals surface area contributed by atoms with E-state index in [-0.39, 0.29) is 0 Å². The van der Waals surface area contributed by atoms with Crippen molar-refractivity contribution in [2.24, 2.45) is 5.92 Å². The first-order valence-electron chi connectivity index (χ1n) is 10.7. The second-order valence-corrected chi connectivity index (χ2v) is 9.03. The number of nitrogens with one attached hydrogen (secondary N) is 1. The maximum absolute atomic E-state index is 6.26. The average molecular weight is 434 g/mol. The van der Waals surface area contributed by atoms with Gasteiger partial charge < -0.3 is 18.8 Å². The third-order valence-corrected chi connectivity index (χ3v) is 6.70. The van der Waals surface area contributed by atoms with Crippen LogP contribution in [0.1, 0.15) is 17.7 Å². The van der Waals surface area contributed by atoms with Crippen molar-refractivity contribution < 1.29 is 13.9 Å². The van der Waals surface area contributed by atoms with Gasteiger partial charge >= 0.3 is 0 Å². The molecule has 1 aromatic carbocycles. The van der Waals surface area contributed by atoms with Crippen LogP contribution >= 0.6 is 11.3 Å². The number of ether oxygens (including phenoxy) is 2. The standard InChI is InChI=1S/C24H23N3O3S/c1(9-29-14-16-3-4-16)2-19-12-17(15-31-19)22-24-23(26-25-22)20-6-5-18(13-21(20)30-24)27-7-10-28-11-8-27/h5-6,12-13,15-16H,3-4,7-11,14H2,(H,25,26). The molecule has 6 rings (SSSR count). The molecule has 0 radical (unpaired) electrons. The van der Waals surface area contributed by atoms with Crippen LogP contribution < -0.4 is 4.90 Å². The minimum atomic E-state index is 0.492. The summed E-state index contributed by atoms with van der Waals surface area (Å²) in [7, 11) is 0. The van der Waals surface area contributed by atoms with E-state index in [1.807, 2.05) is 0 Å². The minimum absolute atomic E-state index is 0.492. The van der Waals surface area contributed by atoms with E-state index in [0.717, 1.165) is 77.0 Å². The minimum Gasteiger partial charge on any atom is -0.452 e. The lowest BCUT2D eigenvalue weighted by Gasteiger charge is -2.28. The van der Waals surface area contributed by atoms with Gasteiger partial charge in [-0.1, -0.05) is 11.8 Å². The fourth-order valence-electron chi connectivity index (χ4n) is 3.95. The quantitative estimate of drug-likeness (QED) is 0.367. The van der Waals surface area contributed by atoms with Gasteiger partial charge in [0.05, 0.1) is 24.7 Å². The Morgan fingerprint density at radius 3 is 3.00 bits per heavy atom. The molecule has 1 N–H and O–H groups in total. The van der Waals surface area contributed by atoms with Crippen molar-refractivity contribution in [2.75, 3.05) is 44.4 Å². The second kappa shape index (κ2) is 8.04. The van der Waals surface area contributed by atoms with Crippen LogP contribution in [0.2, 0.25) is 0 Å². The van der Waals surface area contributed by atoms with Crippen LogP contribution in [0, 0.1) is 17.8 Å². The smallest absolute Gasteiger partial charge is 0.181 e. The number of rotatable bonds is 5. The molecule has 1 aliphatic carbocycles.